The fraction of sp³-hybridized carbons (Fsp3) is 0.517. The van der Waals surface area contributed by atoms with Gasteiger partial charge in [0, 0.05) is 11.9 Å². The molecule has 1 saturated heterocycles. The Balaban J connectivity index is 2.14. The number of hydrogen-bond acceptors (Lipinski definition) is 7. The van der Waals surface area contributed by atoms with Crippen molar-refractivity contribution in [2.45, 2.75) is 90.5 Å². The van der Waals surface area contributed by atoms with Crippen LogP contribution in [0.5, 0.6) is 5.75 Å². The Labute approximate surface area is 239 Å². The first-order chi connectivity index (χ1) is 18.8. The second kappa shape index (κ2) is 11.9. The highest BCUT2D eigenvalue weighted by Crippen LogP contribution is 2.39. The van der Waals surface area contributed by atoms with Crippen LogP contribution < -0.4 is 15.5 Å². The van der Waals surface area contributed by atoms with Crippen molar-refractivity contribution in [3.63, 3.8) is 0 Å². The van der Waals surface area contributed by atoms with Gasteiger partial charge in [0.2, 0.25) is 0 Å². The number of hydrogen-bond donors (Lipinski definition) is 1. The summed E-state index contributed by atoms with van der Waals surface area (Å²) >= 11 is 0. The first-order valence-corrected chi connectivity index (χ1v) is 13.2. The summed E-state index contributed by atoms with van der Waals surface area (Å²) in [4.78, 5) is 25.2. The molecule has 0 unspecified atom stereocenters. The minimum Gasteiger partial charge on any atom is -0.489 e. The average molecular weight is 579 g/mol. The molecule has 12 heteroatoms. The highest BCUT2D eigenvalue weighted by atomic mass is 19.4. The van der Waals surface area contributed by atoms with E-state index in [1.54, 1.807) is 72.7 Å². The van der Waals surface area contributed by atoms with E-state index in [1.165, 1.54) is 0 Å². The molecule has 224 valence electrons. The van der Waals surface area contributed by atoms with Crippen molar-refractivity contribution in [1.29, 1.82) is 0 Å². The van der Waals surface area contributed by atoms with E-state index in [0.717, 1.165) is 24.8 Å². The van der Waals surface area contributed by atoms with Gasteiger partial charge in [-0.3, -0.25) is 0 Å². The lowest BCUT2D eigenvalue weighted by molar-refractivity contribution is -0.143. The molecule has 2 aromatic carbocycles. The highest BCUT2D eigenvalue weighted by Gasteiger charge is 2.53. The molecular weight excluding hydrogens is 542 g/mol. The van der Waals surface area contributed by atoms with Gasteiger partial charge in [-0.1, -0.05) is 30.3 Å². The van der Waals surface area contributed by atoms with Crippen molar-refractivity contribution < 1.29 is 46.3 Å². The average Bonchev–Trinajstić information content (AvgIpc) is 3.07. The molecular formula is C29H37BF3NO7. The van der Waals surface area contributed by atoms with Crippen LogP contribution in [0, 0.1) is 0 Å². The number of benzene rings is 2. The molecule has 41 heavy (non-hydrogen) atoms. The molecule has 0 spiro atoms. The zero-order valence-electron chi connectivity index (χ0n) is 24.6. The van der Waals surface area contributed by atoms with E-state index in [4.69, 9.17) is 23.5 Å². The fourth-order valence-electron chi connectivity index (χ4n) is 4.08. The van der Waals surface area contributed by atoms with E-state index in [2.05, 4.69) is 5.32 Å². The van der Waals surface area contributed by atoms with Crippen LogP contribution in [-0.2, 0) is 42.8 Å². The lowest BCUT2D eigenvalue weighted by Crippen LogP contribution is -2.45. The summed E-state index contributed by atoms with van der Waals surface area (Å²) in [5.74, 6) is -0.834. The molecule has 0 bridgehead atoms. The predicted molar refractivity (Wildman–Crippen MR) is 147 cm³/mol. The molecule has 0 radical (unpaired) electrons. The minimum absolute atomic E-state index is 0.00490. The molecule has 1 fully saturated rings. The molecule has 0 aromatic heterocycles. The largest absolute Gasteiger partial charge is 0.498 e. The van der Waals surface area contributed by atoms with Gasteiger partial charge >= 0.3 is 25.4 Å². The van der Waals surface area contributed by atoms with Crippen LogP contribution in [0.3, 0.4) is 0 Å². The second-order valence-electron chi connectivity index (χ2n) is 11.8. The molecule has 1 atom stereocenters. The van der Waals surface area contributed by atoms with Gasteiger partial charge in [-0.15, -0.1) is 0 Å². The molecule has 1 N–H and O–H groups in total. The number of alkyl carbamates (subject to hydrolysis) is 1. The number of rotatable bonds is 8. The Morgan fingerprint density at radius 3 is 2.10 bits per heavy atom. The van der Waals surface area contributed by atoms with Crippen LogP contribution in [0.1, 0.15) is 65.2 Å². The van der Waals surface area contributed by atoms with Crippen molar-refractivity contribution in [2.75, 3.05) is 7.11 Å². The van der Waals surface area contributed by atoms with Crippen LogP contribution >= 0.6 is 0 Å². The van der Waals surface area contributed by atoms with Gasteiger partial charge in [0.25, 0.3) is 0 Å². The quantitative estimate of drug-likeness (QED) is 0.340. The lowest BCUT2D eigenvalue weighted by atomic mass is 9.75. The Morgan fingerprint density at radius 2 is 1.59 bits per heavy atom. The number of ether oxygens (including phenoxy) is 3. The number of amides is 1. The summed E-state index contributed by atoms with van der Waals surface area (Å²) in [6.45, 7) is 12.0. The first-order valence-electron chi connectivity index (χ1n) is 13.2. The van der Waals surface area contributed by atoms with Gasteiger partial charge in [-0.2, -0.15) is 13.2 Å². The van der Waals surface area contributed by atoms with Crippen LogP contribution in [0.15, 0.2) is 42.5 Å². The summed E-state index contributed by atoms with van der Waals surface area (Å²) in [5.41, 5.74) is -2.82. The van der Waals surface area contributed by atoms with Crippen molar-refractivity contribution in [1.82, 2.24) is 5.32 Å². The number of carbonyl (C=O) groups is 2. The molecule has 1 aliphatic heterocycles. The summed E-state index contributed by atoms with van der Waals surface area (Å²) in [7, 11) is -0.0943. The fourth-order valence-corrected chi connectivity index (χ4v) is 4.08. The van der Waals surface area contributed by atoms with E-state index in [-0.39, 0.29) is 23.4 Å². The third-order valence-electron chi connectivity index (χ3n) is 6.86. The zero-order valence-corrected chi connectivity index (χ0v) is 24.6. The van der Waals surface area contributed by atoms with Gasteiger partial charge in [-0.25, -0.2) is 9.59 Å². The number of nitrogens with one attached hydrogen (secondary N) is 1. The van der Waals surface area contributed by atoms with Crippen LogP contribution in [-0.4, -0.2) is 49.1 Å². The maximum atomic E-state index is 14.2. The number of halogens is 3. The van der Waals surface area contributed by atoms with E-state index < -0.39 is 60.2 Å². The maximum absolute atomic E-state index is 14.2. The molecule has 2 aromatic rings. The third-order valence-corrected chi connectivity index (χ3v) is 6.86. The Kier molecular flexibility index (Phi) is 9.39. The topological polar surface area (TPSA) is 92.3 Å². The first kappa shape index (κ1) is 32.3. The molecule has 0 aliphatic carbocycles. The van der Waals surface area contributed by atoms with Crippen molar-refractivity contribution in [3.8, 4) is 5.75 Å². The highest BCUT2D eigenvalue weighted by molar-refractivity contribution is 6.63. The lowest BCUT2D eigenvalue weighted by Gasteiger charge is -2.32. The van der Waals surface area contributed by atoms with Crippen molar-refractivity contribution in [2.24, 2.45) is 0 Å². The second-order valence-corrected chi connectivity index (χ2v) is 11.8. The molecule has 0 saturated carbocycles. The van der Waals surface area contributed by atoms with E-state index >= 15 is 0 Å². The summed E-state index contributed by atoms with van der Waals surface area (Å²) in [6.07, 6.45) is -6.07. The number of carbonyl (C=O) groups excluding carboxylic acids is 2. The van der Waals surface area contributed by atoms with Crippen LogP contribution in [0.4, 0.5) is 18.0 Å². The van der Waals surface area contributed by atoms with Gasteiger partial charge in [0.15, 0.2) is 0 Å². The number of alkyl halides is 3. The predicted octanol–water partition coefficient (Wildman–Crippen LogP) is 5.19. The van der Waals surface area contributed by atoms with Crippen LogP contribution in [0.2, 0.25) is 0 Å². The Bertz CT molecular complexity index is 1230. The minimum atomic E-state index is -4.75. The van der Waals surface area contributed by atoms with E-state index in [1.807, 2.05) is 6.07 Å². The van der Waals surface area contributed by atoms with Gasteiger partial charge in [0.05, 0.1) is 23.9 Å². The molecule has 1 heterocycles. The summed E-state index contributed by atoms with van der Waals surface area (Å²) in [6, 6.07) is 9.48. The van der Waals surface area contributed by atoms with Gasteiger partial charge in [0.1, 0.15) is 24.0 Å². The molecule has 8 nitrogen and oxygen atoms in total. The zero-order chi connectivity index (χ0) is 30.8. The Morgan fingerprint density at radius 1 is 1.00 bits per heavy atom. The summed E-state index contributed by atoms with van der Waals surface area (Å²) < 4.78 is 71.0. The van der Waals surface area contributed by atoms with Crippen LogP contribution in [0.25, 0.3) is 0 Å². The summed E-state index contributed by atoms with van der Waals surface area (Å²) in [5, 5.41) is 2.41. The monoisotopic (exact) mass is 579 g/mol. The smallest absolute Gasteiger partial charge is 0.489 e. The third kappa shape index (κ3) is 8.16. The van der Waals surface area contributed by atoms with E-state index in [9.17, 15) is 22.8 Å². The molecule has 1 aliphatic rings. The standard InChI is InChI=1S/C29H37BF3NO7/c1-26(2,3)39-25(36)34-22(24(35)37-8)15-19-14-20(29(31,32)33)16-21(30-40-27(4,5)28(6,7)41-30)23(19)38-17-18-12-10-9-11-13-18/h9-14,16,22H,15,17H2,1-8H3,(H,34,36)/t22-/m0/s1. The van der Waals surface area contributed by atoms with Gasteiger partial charge in [-0.05, 0) is 71.7 Å². The number of methoxy groups -OCH3 is 1. The molecule has 3 rings (SSSR count). The maximum Gasteiger partial charge on any atom is 0.498 e. The van der Waals surface area contributed by atoms with E-state index in [0.29, 0.717) is 0 Å². The normalized spacial score (nSPS) is 17.1. The van der Waals surface area contributed by atoms with Gasteiger partial charge < -0.3 is 28.8 Å². The molecule has 1 amide bonds. The van der Waals surface area contributed by atoms with Crippen molar-refractivity contribution in [3.05, 3.63) is 59.2 Å². The number of esters is 1. The van der Waals surface area contributed by atoms with Crippen molar-refractivity contribution >= 4 is 24.6 Å². The Hall–Kier alpha value is -3.25. The SMILES string of the molecule is COC(=O)[C@H](Cc1cc(C(F)(F)F)cc(B2OC(C)(C)C(C)(C)O2)c1OCc1ccccc1)NC(=O)OC(C)(C)C.